The van der Waals surface area contributed by atoms with Gasteiger partial charge < -0.3 is 4.84 Å². The average Bonchev–Trinajstić information content (AvgIpc) is 3.04. The fraction of sp³-hybridized carbons (Fsp3) is 0.963. The second-order valence-electron chi connectivity index (χ2n) is 12.5. The molecule has 164 valence electrons. The Kier molecular flexibility index (Phi) is 5.31. The highest BCUT2D eigenvalue weighted by molar-refractivity contribution is 5.68. The maximum absolute atomic E-state index is 5.75. The average molecular weight is 400 g/mol. The van der Waals surface area contributed by atoms with Crippen molar-refractivity contribution in [1.29, 1.82) is 0 Å². The van der Waals surface area contributed by atoms with Crippen molar-refractivity contribution in [2.24, 2.45) is 57.4 Å². The summed E-state index contributed by atoms with van der Waals surface area (Å²) in [6, 6.07) is 0. The normalized spacial score (nSPS) is 49.1. The molecule has 4 saturated carbocycles. The third kappa shape index (κ3) is 3.21. The molecule has 5 aliphatic rings. The summed E-state index contributed by atoms with van der Waals surface area (Å²) in [7, 11) is 0. The summed E-state index contributed by atoms with van der Waals surface area (Å²) in [4.78, 5) is 5.75. The van der Waals surface area contributed by atoms with E-state index in [1.165, 1.54) is 77.0 Å². The van der Waals surface area contributed by atoms with E-state index in [2.05, 4.69) is 39.1 Å². The van der Waals surface area contributed by atoms with E-state index in [1.54, 1.807) is 0 Å². The van der Waals surface area contributed by atoms with Gasteiger partial charge in [0.25, 0.3) is 0 Å². The van der Waals surface area contributed by atoms with Crippen molar-refractivity contribution >= 4 is 6.21 Å². The standard InChI is InChI=1S/C27H45NO/c1-18(2)6-5-7-19(3)23-12-13-24-22-11-9-20-8-10-21-16-27(20,17-28-29-21)25(22)14-15-26(23,24)4/h17-25H,5-16H2,1-4H3/t19?,20-,21?,22?,23?,24?,25?,26?,27?/m0/s1. The van der Waals surface area contributed by atoms with Crippen molar-refractivity contribution in [3.63, 3.8) is 0 Å². The summed E-state index contributed by atoms with van der Waals surface area (Å²) in [5, 5.41) is 4.50. The molecule has 0 radical (unpaired) electrons. The lowest BCUT2D eigenvalue weighted by molar-refractivity contribution is -0.129. The molecule has 4 fully saturated rings. The van der Waals surface area contributed by atoms with Crippen LogP contribution in [-0.4, -0.2) is 12.3 Å². The summed E-state index contributed by atoms with van der Waals surface area (Å²) in [5.74, 6) is 6.47. The molecule has 0 aromatic rings. The van der Waals surface area contributed by atoms with E-state index in [9.17, 15) is 0 Å². The molecule has 1 heterocycles. The van der Waals surface area contributed by atoms with Crippen LogP contribution in [0.25, 0.3) is 0 Å². The van der Waals surface area contributed by atoms with E-state index in [0.29, 0.717) is 16.9 Å². The van der Waals surface area contributed by atoms with Crippen LogP contribution in [0.3, 0.4) is 0 Å². The molecule has 29 heavy (non-hydrogen) atoms. The van der Waals surface area contributed by atoms with Crippen LogP contribution in [0.1, 0.15) is 105 Å². The Morgan fingerprint density at radius 1 is 0.966 bits per heavy atom. The van der Waals surface area contributed by atoms with Crippen molar-refractivity contribution in [3.8, 4) is 0 Å². The van der Waals surface area contributed by atoms with Gasteiger partial charge in [-0.05, 0) is 105 Å². The van der Waals surface area contributed by atoms with Crippen molar-refractivity contribution in [2.75, 3.05) is 0 Å². The zero-order valence-electron chi connectivity index (χ0n) is 19.5. The van der Waals surface area contributed by atoms with Crippen LogP contribution < -0.4 is 0 Å². The molecule has 1 spiro atoms. The smallest absolute Gasteiger partial charge is 0.128 e. The Bertz CT molecular complexity index is 628. The molecule has 2 heteroatoms. The van der Waals surface area contributed by atoms with Crippen LogP contribution in [0.15, 0.2) is 5.16 Å². The van der Waals surface area contributed by atoms with Crippen molar-refractivity contribution in [1.82, 2.24) is 0 Å². The minimum atomic E-state index is 0.395. The summed E-state index contributed by atoms with van der Waals surface area (Å²) in [6.45, 7) is 10.1. The number of hydrogen-bond acceptors (Lipinski definition) is 2. The minimum absolute atomic E-state index is 0.395. The van der Waals surface area contributed by atoms with Gasteiger partial charge in [0.15, 0.2) is 0 Å². The number of oxime groups is 1. The van der Waals surface area contributed by atoms with E-state index in [4.69, 9.17) is 4.84 Å². The zero-order valence-corrected chi connectivity index (χ0v) is 19.5. The molecule has 4 aliphatic carbocycles. The van der Waals surface area contributed by atoms with Gasteiger partial charge in [0.2, 0.25) is 0 Å². The molecular weight excluding hydrogens is 354 g/mol. The first-order valence-corrected chi connectivity index (χ1v) is 13.1. The SMILES string of the molecule is CC(C)CCCC(C)C1CCC2C3CC[C@@H]4CCC5CC4(C=NO5)C3CCC12C. The third-order valence-electron chi connectivity index (χ3n) is 10.9. The first-order chi connectivity index (χ1) is 13.9. The minimum Gasteiger partial charge on any atom is -0.393 e. The fourth-order valence-electron chi connectivity index (χ4n) is 9.52. The van der Waals surface area contributed by atoms with Gasteiger partial charge in [-0.1, -0.05) is 52.1 Å². The van der Waals surface area contributed by atoms with Crippen molar-refractivity contribution < 1.29 is 4.84 Å². The molecule has 0 saturated heterocycles. The monoisotopic (exact) mass is 399 g/mol. The van der Waals surface area contributed by atoms with Gasteiger partial charge in [-0.3, -0.25) is 0 Å². The van der Waals surface area contributed by atoms with Gasteiger partial charge in [-0.25, -0.2) is 0 Å². The molecular formula is C27H45NO. The Labute approximate surface area is 179 Å². The van der Waals surface area contributed by atoms with Crippen LogP contribution in [0.4, 0.5) is 0 Å². The van der Waals surface area contributed by atoms with Crippen molar-refractivity contribution in [2.45, 2.75) is 111 Å². The maximum Gasteiger partial charge on any atom is 0.128 e. The second-order valence-corrected chi connectivity index (χ2v) is 12.5. The van der Waals surface area contributed by atoms with Crippen molar-refractivity contribution in [3.05, 3.63) is 0 Å². The summed E-state index contributed by atoms with van der Waals surface area (Å²) in [5.41, 5.74) is 1.00. The number of rotatable bonds is 5. The fourth-order valence-corrected chi connectivity index (χ4v) is 9.52. The van der Waals surface area contributed by atoms with Crippen LogP contribution in [-0.2, 0) is 4.84 Å². The largest absolute Gasteiger partial charge is 0.393 e. The number of fused-ring (bicyclic) bond motifs is 4. The Morgan fingerprint density at radius 3 is 2.62 bits per heavy atom. The molecule has 8 unspecified atom stereocenters. The highest BCUT2D eigenvalue weighted by atomic mass is 16.6. The summed E-state index contributed by atoms with van der Waals surface area (Å²) in [6.07, 6.45) is 19.9. The Hall–Kier alpha value is -0.530. The highest BCUT2D eigenvalue weighted by Gasteiger charge is 2.62. The van der Waals surface area contributed by atoms with Gasteiger partial charge in [0.05, 0.1) is 6.21 Å². The lowest BCUT2D eigenvalue weighted by Crippen LogP contribution is -2.57. The predicted octanol–water partition coefficient (Wildman–Crippen LogP) is 7.47. The quantitative estimate of drug-likeness (QED) is 0.470. The van der Waals surface area contributed by atoms with Crippen LogP contribution in [0, 0.1) is 52.3 Å². The Balaban J connectivity index is 1.33. The molecule has 1 aliphatic heterocycles. The van der Waals surface area contributed by atoms with Gasteiger partial charge in [0, 0.05) is 5.41 Å². The van der Waals surface area contributed by atoms with E-state index in [0.717, 1.165) is 41.4 Å². The predicted molar refractivity (Wildman–Crippen MR) is 121 cm³/mol. The van der Waals surface area contributed by atoms with Crippen LogP contribution in [0.5, 0.6) is 0 Å². The summed E-state index contributed by atoms with van der Waals surface area (Å²) >= 11 is 0. The second kappa shape index (κ2) is 7.56. The molecule has 0 aromatic carbocycles. The first-order valence-electron chi connectivity index (χ1n) is 13.1. The lowest BCUT2D eigenvalue weighted by Gasteiger charge is -2.61. The van der Waals surface area contributed by atoms with E-state index in [-0.39, 0.29) is 0 Å². The molecule has 5 rings (SSSR count). The molecule has 2 bridgehead atoms. The van der Waals surface area contributed by atoms with E-state index < -0.39 is 0 Å². The van der Waals surface area contributed by atoms with Gasteiger partial charge in [-0.15, -0.1) is 0 Å². The zero-order chi connectivity index (χ0) is 20.2. The first kappa shape index (κ1) is 20.4. The molecule has 0 N–H and O–H groups in total. The summed E-state index contributed by atoms with van der Waals surface area (Å²) < 4.78 is 0. The lowest BCUT2D eigenvalue weighted by atomic mass is 9.44. The van der Waals surface area contributed by atoms with Crippen LogP contribution >= 0.6 is 0 Å². The Morgan fingerprint density at radius 2 is 1.79 bits per heavy atom. The molecule has 0 aromatic heterocycles. The van der Waals surface area contributed by atoms with Gasteiger partial charge in [-0.2, -0.15) is 0 Å². The maximum atomic E-state index is 5.75. The van der Waals surface area contributed by atoms with Gasteiger partial charge >= 0.3 is 0 Å². The third-order valence-corrected chi connectivity index (χ3v) is 10.9. The molecule has 2 nitrogen and oxygen atoms in total. The highest BCUT2D eigenvalue weighted by Crippen LogP contribution is 2.68. The number of nitrogens with zero attached hydrogens (tertiary/aromatic N) is 1. The molecule has 9 atom stereocenters. The number of hydrogen-bond donors (Lipinski definition) is 0. The van der Waals surface area contributed by atoms with E-state index in [1.807, 2.05) is 0 Å². The van der Waals surface area contributed by atoms with E-state index >= 15 is 0 Å². The van der Waals surface area contributed by atoms with Gasteiger partial charge in [0.1, 0.15) is 6.10 Å². The molecule has 0 amide bonds. The topological polar surface area (TPSA) is 21.6 Å². The van der Waals surface area contributed by atoms with Crippen LogP contribution in [0.2, 0.25) is 0 Å².